The minimum absolute atomic E-state index is 0.00988. The number of hydrogen-bond acceptors (Lipinski definition) is 7. The van der Waals surface area contributed by atoms with Gasteiger partial charge >= 0.3 is 5.97 Å². The van der Waals surface area contributed by atoms with E-state index in [1.165, 1.54) is 0 Å². The Bertz CT molecular complexity index is 1220. The Morgan fingerprint density at radius 1 is 1.17 bits per heavy atom. The minimum Gasteiger partial charge on any atom is -0.477 e. The van der Waals surface area contributed by atoms with Crippen molar-refractivity contribution in [3.05, 3.63) is 52.3 Å². The van der Waals surface area contributed by atoms with Gasteiger partial charge < -0.3 is 25.4 Å². The fraction of sp³-hybridized carbons (Fsp3) is 0.158. The molecule has 2 heterocycles. The van der Waals surface area contributed by atoms with Crippen LogP contribution in [0.15, 0.2) is 41.2 Å². The molecule has 148 valence electrons. The maximum Gasteiger partial charge on any atom is 0.364 e. The molecule has 1 aliphatic rings. The Labute approximate surface area is 162 Å². The van der Waals surface area contributed by atoms with Gasteiger partial charge in [0.15, 0.2) is 0 Å². The molecule has 0 saturated carbocycles. The van der Waals surface area contributed by atoms with Gasteiger partial charge in [-0.25, -0.2) is 9.89 Å². The highest BCUT2D eigenvalue weighted by Crippen LogP contribution is 2.44. The molecule has 0 radical (unpaired) electrons. The molecular formula is C19H15N3O7. The molecule has 1 aromatic heterocycles. The molecule has 0 aliphatic carbocycles. The Hall–Kier alpha value is -3.76. The molecule has 2 aromatic carbocycles. The third-order valence-electron chi connectivity index (χ3n) is 4.54. The van der Waals surface area contributed by atoms with Crippen molar-refractivity contribution in [1.29, 1.82) is 0 Å². The van der Waals surface area contributed by atoms with E-state index in [2.05, 4.69) is 15.5 Å². The van der Waals surface area contributed by atoms with Crippen LogP contribution in [-0.2, 0) is 16.1 Å². The van der Waals surface area contributed by atoms with Gasteiger partial charge in [-0.05, 0) is 29.8 Å². The van der Waals surface area contributed by atoms with E-state index < -0.39 is 24.1 Å². The summed E-state index contributed by atoms with van der Waals surface area (Å²) in [5, 5.41) is 37.2. The molecule has 0 fully saturated rings. The Kier molecular flexibility index (Phi) is 4.29. The number of rotatable bonds is 5. The summed E-state index contributed by atoms with van der Waals surface area (Å²) in [4.78, 5) is 34.5. The number of aromatic nitrogens is 2. The molecule has 5 N–H and O–H groups in total. The number of carbonyl (C=O) groups excluding carboxylic acids is 1. The summed E-state index contributed by atoms with van der Waals surface area (Å²) in [6.07, 6.45) is -1.01. The fourth-order valence-corrected chi connectivity index (χ4v) is 3.11. The largest absolute Gasteiger partial charge is 0.477 e. The zero-order chi connectivity index (χ0) is 20.8. The average Bonchev–Trinajstić information content (AvgIpc) is 2.68. The number of carboxylic acid groups (broad SMARTS) is 1. The van der Waals surface area contributed by atoms with Crippen LogP contribution in [0.5, 0.6) is 11.5 Å². The predicted octanol–water partition coefficient (Wildman–Crippen LogP) is 0.468. The number of H-pyrrole nitrogens is 1. The van der Waals surface area contributed by atoms with E-state index in [9.17, 15) is 24.6 Å². The number of nitrogens with zero attached hydrogens (tertiary/aromatic N) is 1. The molecule has 0 atom stereocenters. The summed E-state index contributed by atoms with van der Waals surface area (Å²) >= 11 is 0. The Morgan fingerprint density at radius 3 is 2.72 bits per heavy atom. The van der Waals surface area contributed by atoms with Gasteiger partial charge in [0.25, 0.3) is 11.3 Å². The number of aromatic amines is 1. The summed E-state index contributed by atoms with van der Waals surface area (Å²) in [6, 6.07) is 10.2. The molecule has 10 heteroatoms. The highest BCUT2D eigenvalue weighted by atomic mass is 16.5. The molecule has 10 nitrogen and oxygen atoms in total. The number of benzene rings is 2. The lowest BCUT2D eigenvalue weighted by Gasteiger charge is -2.20. The summed E-state index contributed by atoms with van der Waals surface area (Å²) < 4.78 is 5.87. The second kappa shape index (κ2) is 6.69. The van der Waals surface area contributed by atoms with E-state index in [0.717, 1.165) is 0 Å². The van der Waals surface area contributed by atoms with Crippen molar-refractivity contribution in [1.82, 2.24) is 15.5 Å². The first kappa shape index (κ1) is 18.6. The van der Waals surface area contributed by atoms with Crippen molar-refractivity contribution in [2.45, 2.75) is 18.8 Å². The average molecular weight is 397 g/mol. The van der Waals surface area contributed by atoms with Crippen LogP contribution in [0.25, 0.3) is 22.0 Å². The van der Waals surface area contributed by atoms with Gasteiger partial charge in [0.1, 0.15) is 17.2 Å². The van der Waals surface area contributed by atoms with E-state index >= 15 is 0 Å². The van der Waals surface area contributed by atoms with Gasteiger partial charge in [-0.1, -0.05) is 12.1 Å². The second-order valence-electron chi connectivity index (χ2n) is 6.59. The van der Waals surface area contributed by atoms with Crippen molar-refractivity contribution in [2.75, 3.05) is 0 Å². The van der Waals surface area contributed by atoms with Crippen LogP contribution >= 0.6 is 0 Å². The number of fused-ring (bicyclic) bond motifs is 2. The molecule has 29 heavy (non-hydrogen) atoms. The zero-order valence-electron chi connectivity index (χ0n) is 14.8. The lowest BCUT2D eigenvalue weighted by Crippen LogP contribution is -2.43. The van der Waals surface area contributed by atoms with Crippen molar-refractivity contribution >= 4 is 22.6 Å². The molecule has 0 unspecified atom stereocenters. The second-order valence-corrected chi connectivity index (χ2v) is 6.59. The number of aliphatic hydroxyl groups is 2. The number of hydrogen-bond donors (Lipinski definition) is 5. The Morgan fingerprint density at radius 2 is 1.97 bits per heavy atom. The molecule has 1 amide bonds. The van der Waals surface area contributed by atoms with Gasteiger partial charge in [-0.15, -0.1) is 0 Å². The van der Waals surface area contributed by atoms with Crippen LogP contribution in [0.3, 0.4) is 0 Å². The van der Waals surface area contributed by atoms with E-state index in [1.54, 1.807) is 36.4 Å². The van der Waals surface area contributed by atoms with Crippen LogP contribution in [0, 0.1) is 0 Å². The topological polar surface area (TPSA) is 162 Å². The summed E-state index contributed by atoms with van der Waals surface area (Å²) in [5.41, 5.74) is 1.44. The summed E-state index contributed by atoms with van der Waals surface area (Å²) in [6.45, 7) is 0.00988. The number of nitrogens with one attached hydrogen (secondary N) is 2. The van der Waals surface area contributed by atoms with E-state index in [1.807, 2.05) is 0 Å². The number of carboxylic acids is 1. The van der Waals surface area contributed by atoms with Crippen LogP contribution in [0.1, 0.15) is 12.0 Å². The van der Waals surface area contributed by atoms with Gasteiger partial charge in [0.2, 0.25) is 5.91 Å². The van der Waals surface area contributed by atoms with Crippen molar-refractivity contribution in [2.24, 2.45) is 0 Å². The number of aliphatic carboxylic acids is 1. The zero-order valence-corrected chi connectivity index (χ0v) is 14.8. The lowest BCUT2D eigenvalue weighted by atomic mass is 9.99. The number of amides is 1. The van der Waals surface area contributed by atoms with E-state index in [4.69, 9.17) is 9.84 Å². The van der Waals surface area contributed by atoms with Gasteiger partial charge in [0, 0.05) is 12.1 Å². The lowest BCUT2D eigenvalue weighted by molar-refractivity contribution is -0.205. The molecule has 1 aliphatic heterocycles. The number of carbonyl (C=O) groups is 2. The maximum atomic E-state index is 12.0. The van der Waals surface area contributed by atoms with Crippen molar-refractivity contribution < 1.29 is 29.6 Å². The first-order valence-corrected chi connectivity index (χ1v) is 8.53. The number of ether oxygens (including phenoxy) is 1. The van der Waals surface area contributed by atoms with E-state index in [0.29, 0.717) is 39.1 Å². The quantitative estimate of drug-likeness (QED) is 0.304. The predicted molar refractivity (Wildman–Crippen MR) is 99.1 cm³/mol. The third kappa shape index (κ3) is 3.30. The van der Waals surface area contributed by atoms with Crippen molar-refractivity contribution in [3.63, 3.8) is 0 Å². The first-order valence-electron chi connectivity index (χ1n) is 8.53. The van der Waals surface area contributed by atoms with Crippen LogP contribution in [-0.4, -0.2) is 43.2 Å². The minimum atomic E-state index is -3.14. The van der Waals surface area contributed by atoms with Gasteiger partial charge in [-0.2, -0.15) is 5.10 Å². The third-order valence-corrected chi connectivity index (χ3v) is 4.54. The van der Waals surface area contributed by atoms with Crippen LogP contribution in [0.2, 0.25) is 0 Å². The van der Waals surface area contributed by atoms with Crippen LogP contribution in [0.4, 0.5) is 0 Å². The first-order chi connectivity index (χ1) is 13.8. The molecule has 0 bridgehead atoms. The van der Waals surface area contributed by atoms with Gasteiger partial charge in [0.05, 0.1) is 17.2 Å². The molecule has 3 aromatic rings. The van der Waals surface area contributed by atoms with Crippen molar-refractivity contribution in [3.8, 4) is 22.8 Å². The highest BCUT2D eigenvalue weighted by Gasteiger charge is 2.35. The molecular weight excluding hydrogens is 382 g/mol. The molecule has 4 rings (SSSR count). The standard InChI is InChI=1S/C19H15N3O7/c23-14(7-19(27,28)18(25)26)20-8-9-4-5-12-11(6-9)16-15-10(17(24)22-21-16)2-1-3-13(15)29-12/h1-6,27-28H,7-8H2,(H,20,23)(H,22,24)(H,25,26). The summed E-state index contributed by atoms with van der Waals surface area (Å²) in [5.74, 6) is -4.86. The highest BCUT2D eigenvalue weighted by molar-refractivity contribution is 6.01. The normalized spacial score (nSPS) is 12.2. The Balaban J connectivity index is 1.61. The monoisotopic (exact) mass is 397 g/mol. The SMILES string of the molecule is O=C(CC(O)(O)C(=O)O)NCc1ccc2c(c1)-c1n[nH]c(=O)c3cccc(c13)O2. The molecule has 0 saturated heterocycles. The molecule has 0 spiro atoms. The fourth-order valence-electron chi connectivity index (χ4n) is 3.11. The van der Waals surface area contributed by atoms with E-state index in [-0.39, 0.29) is 12.1 Å². The van der Waals surface area contributed by atoms with Crippen LogP contribution < -0.4 is 15.6 Å². The maximum absolute atomic E-state index is 12.0. The smallest absolute Gasteiger partial charge is 0.364 e. The van der Waals surface area contributed by atoms with Gasteiger partial charge in [-0.3, -0.25) is 9.59 Å². The summed E-state index contributed by atoms with van der Waals surface area (Å²) in [7, 11) is 0.